The van der Waals surface area contributed by atoms with Crippen molar-refractivity contribution in [3.8, 4) is 17.2 Å². The van der Waals surface area contributed by atoms with E-state index in [4.69, 9.17) is 36.3 Å². The molecule has 0 aliphatic rings. The molecule has 9 heteroatoms. The fourth-order valence-electron chi connectivity index (χ4n) is 3.01. The molecule has 0 saturated carbocycles. The van der Waals surface area contributed by atoms with Crippen LogP contribution in [0, 0.1) is 6.92 Å². The van der Waals surface area contributed by atoms with Crippen molar-refractivity contribution in [1.82, 2.24) is 4.98 Å². The monoisotopic (exact) mass is 444 g/mol. The first-order chi connectivity index (χ1) is 14.8. The summed E-state index contributed by atoms with van der Waals surface area (Å²) in [6, 6.07) is 10.4. The molecular weight excluding hydrogens is 424 g/mol. The van der Waals surface area contributed by atoms with Crippen LogP contribution in [0.5, 0.6) is 17.2 Å². The molecule has 3 rings (SSSR count). The molecule has 2 N–H and O–H groups in total. The zero-order valence-electron chi connectivity index (χ0n) is 17.2. The van der Waals surface area contributed by atoms with Gasteiger partial charge in [-0.2, -0.15) is 0 Å². The highest BCUT2D eigenvalue weighted by Crippen LogP contribution is 2.39. The molecule has 0 spiro atoms. The number of pyridine rings is 1. The molecule has 0 bridgehead atoms. The lowest BCUT2D eigenvalue weighted by Gasteiger charge is -2.15. The summed E-state index contributed by atoms with van der Waals surface area (Å²) in [7, 11) is 2.78. The van der Waals surface area contributed by atoms with Crippen LogP contribution in [0.25, 0.3) is 10.9 Å². The number of ether oxygens (including phenoxy) is 4. The van der Waals surface area contributed by atoms with E-state index >= 15 is 0 Å². The Hall–Kier alpha value is -3.52. The zero-order valence-corrected chi connectivity index (χ0v) is 18.0. The number of halogens is 1. The SMILES string of the molecule is COc1cc(C(=O)OCc2nc3ccccc3c(C)c2Cl)cc(OC)c1OCC(N)=O. The number of aryl methyl sites for hydroxylation is 1. The van der Waals surface area contributed by atoms with Crippen LogP contribution in [0.1, 0.15) is 21.6 Å². The Morgan fingerprint density at radius 3 is 2.35 bits per heavy atom. The summed E-state index contributed by atoms with van der Waals surface area (Å²) in [5, 5.41) is 1.38. The number of aromatic nitrogens is 1. The Labute approximate surface area is 183 Å². The molecule has 0 unspecified atom stereocenters. The number of rotatable bonds is 8. The molecule has 0 aliphatic heterocycles. The maximum Gasteiger partial charge on any atom is 0.338 e. The predicted molar refractivity (Wildman–Crippen MR) is 115 cm³/mol. The predicted octanol–water partition coefficient (Wildman–Crippen LogP) is 3.43. The summed E-state index contributed by atoms with van der Waals surface area (Å²) < 4.78 is 21.3. The number of fused-ring (bicyclic) bond motifs is 1. The average molecular weight is 445 g/mol. The molecule has 3 aromatic rings. The van der Waals surface area contributed by atoms with E-state index in [1.165, 1.54) is 26.4 Å². The number of primary amides is 1. The molecule has 1 heterocycles. The van der Waals surface area contributed by atoms with Gasteiger partial charge in [-0.05, 0) is 30.7 Å². The summed E-state index contributed by atoms with van der Waals surface area (Å²) in [6.45, 7) is 1.40. The lowest BCUT2D eigenvalue weighted by atomic mass is 10.1. The molecular formula is C22H21ClN2O6. The highest BCUT2D eigenvalue weighted by Gasteiger charge is 2.20. The Morgan fingerprint density at radius 2 is 1.74 bits per heavy atom. The molecule has 162 valence electrons. The molecule has 31 heavy (non-hydrogen) atoms. The summed E-state index contributed by atoms with van der Waals surface area (Å²) in [6.07, 6.45) is 0. The first-order valence-corrected chi connectivity index (χ1v) is 9.61. The summed E-state index contributed by atoms with van der Waals surface area (Å²) >= 11 is 6.43. The van der Waals surface area contributed by atoms with Gasteiger partial charge in [0, 0.05) is 5.39 Å². The fraction of sp³-hybridized carbons (Fsp3) is 0.227. The number of nitrogens with zero attached hydrogens (tertiary/aromatic N) is 1. The second-order valence-electron chi connectivity index (χ2n) is 6.56. The van der Waals surface area contributed by atoms with Gasteiger partial charge in [0.1, 0.15) is 6.61 Å². The van der Waals surface area contributed by atoms with Crippen molar-refractivity contribution in [3.05, 3.63) is 58.2 Å². The largest absolute Gasteiger partial charge is 0.493 e. The molecule has 1 aromatic heterocycles. The van der Waals surface area contributed by atoms with Crippen molar-refractivity contribution in [3.63, 3.8) is 0 Å². The first-order valence-electron chi connectivity index (χ1n) is 9.23. The van der Waals surface area contributed by atoms with E-state index in [1.807, 2.05) is 31.2 Å². The van der Waals surface area contributed by atoms with E-state index in [9.17, 15) is 9.59 Å². The van der Waals surface area contributed by atoms with Gasteiger partial charge in [0.05, 0.1) is 36.0 Å². The summed E-state index contributed by atoms with van der Waals surface area (Å²) in [4.78, 5) is 28.2. The average Bonchev–Trinajstić information content (AvgIpc) is 2.78. The van der Waals surface area contributed by atoms with Crippen LogP contribution >= 0.6 is 11.6 Å². The molecule has 2 aromatic carbocycles. The van der Waals surface area contributed by atoms with Crippen molar-refractivity contribution < 1.29 is 28.5 Å². The normalized spacial score (nSPS) is 10.6. The topological polar surface area (TPSA) is 110 Å². The van der Waals surface area contributed by atoms with Gasteiger partial charge in [0.15, 0.2) is 18.1 Å². The van der Waals surface area contributed by atoms with Gasteiger partial charge in [-0.25, -0.2) is 9.78 Å². The Morgan fingerprint density at radius 1 is 1.10 bits per heavy atom. The van der Waals surface area contributed by atoms with Gasteiger partial charge in [0.2, 0.25) is 5.75 Å². The Kier molecular flexibility index (Phi) is 6.81. The minimum Gasteiger partial charge on any atom is -0.493 e. The third kappa shape index (κ3) is 4.80. The summed E-state index contributed by atoms with van der Waals surface area (Å²) in [5.74, 6) is -0.782. The number of methoxy groups -OCH3 is 2. The standard InChI is InChI=1S/C22H21ClN2O6/c1-12-14-6-4-5-7-15(14)25-16(20(12)23)10-31-22(27)13-8-17(28-2)21(18(9-13)29-3)30-11-19(24)26/h4-9H,10-11H2,1-3H3,(H2,24,26). The van der Waals surface area contributed by atoms with Crippen molar-refractivity contribution in [1.29, 1.82) is 0 Å². The third-order valence-corrected chi connectivity index (χ3v) is 5.04. The van der Waals surface area contributed by atoms with Crippen LogP contribution < -0.4 is 19.9 Å². The van der Waals surface area contributed by atoms with E-state index in [2.05, 4.69) is 4.98 Å². The highest BCUT2D eigenvalue weighted by molar-refractivity contribution is 6.32. The molecule has 0 fully saturated rings. The number of nitrogens with two attached hydrogens (primary N) is 1. The third-order valence-electron chi connectivity index (χ3n) is 4.54. The van der Waals surface area contributed by atoms with Crippen molar-refractivity contribution in [2.75, 3.05) is 20.8 Å². The van der Waals surface area contributed by atoms with Crippen molar-refractivity contribution in [2.24, 2.45) is 5.73 Å². The molecule has 0 radical (unpaired) electrons. The molecule has 0 saturated heterocycles. The lowest BCUT2D eigenvalue weighted by Crippen LogP contribution is -2.20. The minimum atomic E-state index is -0.664. The smallest absolute Gasteiger partial charge is 0.338 e. The van der Waals surface area contributed by atoms with Gasteiger partial charge in [-0.1, -0.05) is 29.8 Å². The van der Waals surface area contributed by atoms with E-state index in [1.54, 1.807) is 0 Å². The number of carbonyl (C=O) groups is 2. The van der Waals surface area contributed by atoms with Gasteiger partial charge < -0.3 is 24.7 Å². The quantitative estimate of drug-likeness (QED) is 0.530. The maximum atomic E-state index is 12.7. The van der Waals surface area contributed by atoms with Gasteiger partial charge in [0.25, 0.3) is 5.91 Å². The van der Waals surface area contributed by atoms with Gasteiger partial charge in [-0.3, -0.25) is 4.79 Å². The number of benzene rings is 2. The van der Waals surface area contributed by atoms with Crippen LogP contribution in [0.3, 0.4) is 0 Å². The van der Waals surface area contributed by atoms with Gasteiger partial charge in [-0.15, -0.1) is 0 Å². The Balaban J connectivity index is 1.84. The molecule has 0 aliphatic carbocycles. The number of hydrogen-bond acceptors (Lipinski definition) is 7. The van der Waals surface area contributed by atoms with Crippen molar-refractivity contribution in [2.45, 2.75) is 13.5 Å². The van der Waals surface area contributed by atoms with E-state index in [0.717, 1.165) is 16.5 Å². The molecule has 0 atom stereocenters. The number of hydrogen-bond donors (Lipinski definition) is 1. The van der Waals surface area contributed by atoms with Gasteiger partial charge >= 0.3 is 5.97 Å². The van der Waals surface area contributed by atoms with Crippen LogP contribution in [-0.4, -0.2) is 37.7 Å². The first kappa shape index (κ1) is 22.2. The minimum absolute atomic E-state index is 0.117. The highest BCUT2D eigenvalue weighted by atomic mass is 35.5. The number of carbonyl (C=O) groups excluding carboxylic acids is 2. The summed E-state index contributed by atoms with van der Waals surface area (Å²) in [5.41, 5.74) is 7.35. The van der Waals surface area contributed by atoms with Crippen LogP contribution in [0.4, 0.5) is 0 Å². The van der Waals surface area contributed by atoms with E-state index in [-0.39, 0.29) is 36.0 Å². The zero-order chi connectivity index (χ0) is 22.5. The number of amides is 1. The molecule has 1 amide bonds. The van der Waals surface area contributed by atoms with Crippen LogP contribution in [-0.2, 0) is 16.1 Å². The maximum absolute atomic E-state index is 12.7. The number of esters is 1. The second kappa shape index (κ2) is 9.53. The van der Waals surface area contributed by atoms with Crippen molar-refractivity contribution >= 4 is 34.4 Å². The number of para-hydroxylation sites is 1. The van der Waals surface area contributed by atoms with Crippen LogP contribution in [0.2, 0.25) is 5.02 Å². The lowest BCUT2D eigenvalue weighted by molar-refractivity contribution is -0.120. The second-order valence-corrected chi connectivity index (χ2v) is 6.93. The van der Waals surface area contributed by atoms with E-state index in [0.29, 0.717) is 10.7 Å². The van der Waals surface area contributed by atoms with E-state index < -0.39 is 11.9 Å². The fourth-order valence-corrected chi connectivity index (χ4v) is 3.21. The Bertz CT molecular complexity index is 1120. The molecule has 8 nitrogen and oxygen atoms in total. The van der Waals surface area contributed by atoms with Crippen LogP contribution in [0.15, 0.2) is 36.4 Å².